The van der Waals surface area contributed by atoms with E-state index in [2.05, 4.69) is 20.3 Å². The van der Waals surface area contributed by atoms with Crippen LogP contribution in [0.3, 0.4) is 0 Å². The van der Waals surface area contributed by atoms with Crippen LogP contribution in [0, 0.1) is 0 Å². The first-order valence-corrected chi connectivity index (χ1v) is 7.77. The summed E-state index contributed by atoms with van der Waals surface area (Å²) in [6.07, 6.45) is 6.43. The zero-order valence-corrected chi connectivity index (χ0v) is 13.8. The molecule has 0 aromatic carbocycles. The summed E-state index contributed by atoms with van der Waals surface area (Å²) >= 11 is 0. The van der Waals surface area contributed by atoms with Gasteiger partial charge in [0.15, 0.2) is 5.96 Å². The van der Waals surface area contributed by atoms with E-state index >= 15 is 0 Å². The summed E-state index contributed by atoms with van der Waals surface area (Å²) in [7, 11) is 5.72. The Bertz CT molecular complexity index is 468. The number of guanidine groups is 1. The molecule has 124 valence electrons. The van der Waals surface area contributed by atoms with Gasteiger partial charge in [0.05, 0.1) is 25.5 Å². The molecule has 1 aliphatic rings. The minimum absolute atomic E-state index is 0.285. The third-order valence-electron chi connectivity index (χ3n) is 3.61. The van der Waals surface area contributed by atoms with Gasteiger partial charge in [-0.2, -0.15) is 5.10 Å². The Kier molecular flexibility index (Phi) is 6.67. The Morgan fingerprint density at radius 1 is 1.64 bits per heavy atom. The third-order valence-corrected chi connectivity index (χ3v) is 3.61. The van der Waals surface area contributed by atoms with Gasteiger partial charge < -0.3 is 19.7 Å². The minimum atomic E-state index is 0.285. The molecule has 2 rings (SSSR count). The molecule has 7 heteroatoms. The number of nitrogens with one attached hydrogen (secondary N) is 1. The van der Waals surface area contributed by atoms with E-state index in [4.69, 9.17) is 9.47 Å². The topological polar surface area (TPSA) is 63.9 Å². The van der Waals surface area contributed by atoms with Gasteiger partial charge in [0.2, 0.25) is 0 Å². The SMILES string of the molecule is CN=C(NCCOCC1CCCO1)N(C)Cc1cnn(C)c1. The minimum Gasteiger partial charge on any atom is -0.377 e. The highest BCUT2D eigenvalue weighted by Gasteiger charge is 2.15. The van der Waals surface area contributed by atoms with E-state index < -0.39 is 0 Å². The predicted octanol–water partition coefficient (Wildman–Crippen LogP) is 0.623. The van der Waals surface area contributed by atoms with Crippen LogP contribution in [0.4, 0.5) is 0 Å². The summed E-state index contributed by atoms with van der Waals surface area (Å²) in [6, 6.07) is 0. The summed E-state index contributed by atoms with van der Waals surface area (Å²) in [5.74, 6) is 0.851. The standard InChI is InChI=1S/C15H27N5O2/c1-16-15(19(2)10-13-9-18-20(3)11-13)17-6-8-21-12-14-5-4-7-22-14/h9,11,14H,4-8,10,12H2,1-3H3,(H,16,17). The lowest BCUT2D eigenvalue weighted by Crippen LogP contribution is -2.40. The maximum atomic E-state index is 5.64. The van der Waals surface area contributed by atoms with Gasteiger partial charge in [0.25, 0.3) is 0 Å². The summed E-state index contributed by atoms with van der Waals surface area (Å²) in [4.78, 5) is 6.36. The van der Waals surface area contributed by atoms with Gasteiger partial charge in [-0.15, -0.1) is 0 Å². The van der Waals surface area contributed by atoms with Gasteiger partial charge >= 0.3 is 0 Å². The fourth-order valence-electron chi connectivity index (χ4n) is 2.51. The smallest absolute Gasteiger partial charge is 0.193 e. The van der Waals surface area contributed by atoms with Crippen LogP contribution in [0.5, 0.6) is 0 Å². The first-order chi connectivity index (χ1) is 10.7. The van der Waals surface area contributed by atoms with E-state index in [1.807, 2.05) is 26.5 Å². The molecular formula is C15H27N5O2. The lowest BCUT2D eigenvalue weighted by Gasteiger charge is -2.21. The maximum absolute atomic E-state index is 5.64. The second-order valence-corrected chi connectivity index (χ2v) is 5.56. The first-order valence-electron chi connectivity index (χ1n) is 7.77. The molecule has 1 atom stereocenters. The molecule has 2 heterocycles. The van der Waals surface area contributed by atoms with E-state index in [-0.39, 0.29) is 6.10 Å². The van der Waals surface area contributed by atoms with Crippen molar-refractivity contribution < 1.29 is 9.47 Å². The second-order valence-electron chi connectivity index (χ2n) is 5.56. The molecule has 1 saturated heterocycles. The van der Waals surface area contributed by atoms with Crippen LogP contribution in [0.15, 0.2) is 17.4 Å². The van der Waals surface area contributed by atoms with E-state index in [0.29, 0.717) is 13.2 Å². The molecule has 0 spiro atoms. The molecule has 0 saturated carbocycles. The van der Waals surface area contributed by atoms with Gasteiger partial charge in [0.1, 0.15) is 0 Å². The van der Waals surface area contributed by atoms with Gasteiger partial charge in [-0.05, 0) is 12.8 Å². The number of aryl methyl sites for hydroxylation is 1. The van der Waals surface area contributed by atoms with E-state index in [1.54, 1.807) is 11.7 Å². The molecule has 1 unspecified atom stereocenters. The molecule has 1 fully saturated rings. The molecule has 7 nitrogen and oxygen atoms in total. The van der Waals surface area contributed by atoms with Crippen LogP contribution in [0.2, 0.25) is 0 Å². The van der Waals surface area contributed by atoms with E-state index in [1.165, 1.54) is 0 Å². The molecule has 1 aromatic heterocycles. The van der Waals surface area contributed by atoms with Crippen LogP contribution in [-0.4, -0.2) is 67.2 Å². The highest BCUT2D eigenvalue weighted by atomic mass is 16.5. The number of aromatic nitrogens is 2. The van der Waals surface area contributed by atoms with Crippen molar-refractivity contribution in [2.24, 2.45) is 12.0 Å². The molecule has 0 amide bonds. The van der Waals surface area contributed by atoms with Crippen LogP contribution in [0.25, 0.3) is 0 Å². The van der Waals surface area contributed by atoms with Gasteiger partial charge in [0, 0.05) is 52.6 Å². The Morgan fingerprint density at radius 3 is 3.14 bits per heavy atom. The van der Waals surface area contributed by atoms with Crippen molar-refractivity contribution in [3.63, 3.8) is 0 Å². The molecule has 0 bridgehead atoms. The maximum Gasteiger partial charge on any atom is 0.193 e. The zero-order chi connectivity index (χ0) is 15.8. The van der Waals surface area contributed by atoms with E-state index in [0.717, 1.165) is 44.1 Å². The largest absolute Gasteiger partial charge is 0.377 e. The van der Waals surface area contributed by atoms with Crippen LogP contribution < -0.4 is 5.32 Å². The zero-order valence-electron chi connectivity index (χ0n) is 13.8. The van der Waals surface area contributed by atoms with Crippen molar-refractivity contribution in [1.29, 1.82) is 0 Å². The predicted molar refractivity (Wildman–Crippen MR) is 85.8 cm³/mol. The number of rotatable bonds is 7. The van der Waals surface area contributed by atoms with Gasteiger partial charge in [-0.1, -0.05) is 0 Å². The van der Waals surface area contributed by atoms with Crippen LogP contribution >= 0.6 is 0 Å². The molecule has 1 aliphatic heterocycles. The summed E-state index contributed by atoms with van der Waals surface area (Å²) in [6.45, 7) is 3.71. The fourth-order valence-corrected chi connectivity index (χ4v) is 2.51. The van der Waals surface area contributed by atoms with Crippen molar-refractivity contribution in [1.82, 2.24) is 20.0 Å². The Hall–Kier alpha value is -1.60. The number of ether oxygens (including phenoxy) is 2. The van der Waals surface area contributed by atoms with Crippen molar-refractivity contribution in [2.45, 2.75) is 25.5 Å². The molecule has 0 radical (unpaired) electrons. The number of nitrogens with zero attached hydrogens (tertiary/aromatic N) is 4. The Morgan fingerprint density at radius 2 is 2.50 bits per heavy atom. The number of aliphatic imine (C=N–C) groups is 1. The molecule has 0 aliphatic carbocycles. The van der Waals surface area contributed by atoms with Crippen molar-refractivity contribution in [3.8, 4) is 0 Å². The Balaban J connectivity index is 1.63. The van der Waals surface area contributed by atoms with E-state index in [9.17, 15) is 0 Å². The lowest BCUT2D eigenvalue weighted by atomic mass is 10.2. The van der Waals surface area contributed by atoms with Gasteiger partial charge in [-0.3, -0.25) is 9.67 Å². The molecular weight excluding hydrogens is 282 g/mol. The van der Waals surface area contributed by atoms with Crippen molar-refractivity contribution >= 4 is 5.96 Å². The highest BCUT2D eigenvalue weighted by Crippen LogP contribution is 2.11. The highest BCUT2D eigenvalue weighted by molar-refractivity contribution is 5.79. The monoisotopic (exact) mass is 309 g/mol. The van der Waals surface area contributed by atoms with Crippen LogP contribution in [-0.2, 0) is 23.1 Å². The summed E-state index contributed by atoms with van der Waals surface area (Å²) in [5.41, 5.74) is 1.16. The van der Waals surface area contributed by atoms with Crippen LogP contribution in [0.1, 0.15) is 18.4 Å². The normalized spacial score (nSPS) is 18.7. The summed E-state index contributed by atoms with van der Waals surface area (Å²) in [5, 5.41) is 7.48. The second kappa shape index (κ2) is 8.75. The molecule has 1 aromatic rings. The van der Waals surface area contributed by atoms with Crippen molar-refractivity contribution in [2.75, 3.05) is 40.5 Å². The van der Waals surface area contributed by atoms with Gasteiger partial charge in [-0.25, -0.2) is 0 Å². The quantitative estimate of drug-likeness (QED) is 0.454. The Labute approximate surface area is 132 Å². The fraction of sp³-hybridized carbons (Fsp3) is 0.733. The first kappa shape index (κ1) is 16.8. The number of hydrogen-bond acceptors (Lipinski definition) is 4. The molecule has 1 N–H and O–H groups in total. The summed E-state index contributed by atoms with van der Waals surface area (Å²) < 4.78 is 13.0. The average molecular weight is 309 g/mol. The number of hydrogen-bond donors (Lipinski definition) is 1. The van der Waals surface area contributed by atoms with Crippen molar-refractivity contribution in [3.05, 3.63) is 18.0 Å². The third kappa shape index (κ3) is 5.31. The average Bonchev–Trinajstić information content (AvgIpc) is 3.14. The molecule has 22 heavy (non-hydrogen) atoms. The lowest BCUT2D eigenvalue weighted by molar-refractivity contribution is 0.0190.